The molecule has 0 saturated heterocycles. The molecule has 1 aromatic heterocycles. The van der Waals surface area contributed by atoms with Crippen LogP contribution < -0.4 is 5.32 Å². The number of amides is 1. The molecule has 1 amide bonds. The van der Waals surface area contributed by atoms with Crippen molar-refractivity contribution in [1.29, 1.82) is 0 Å². The second-order valence-electron chi connectivity index (χ2n) is 4.62. The largest absolute Gasteiger partial charge is 0.467 e. The van der Waals surface area contributed by atoms with E-state index in [2.05, 4.69) is 5.32 Å². The number of carbonyl (C=O) groups is 1. The van der Waals surface area contributed by atoms with Crippen molar-refractivity contribution in [2.24, 2.45) is 0 Å². The molecule has 0 aliphatic rings. The highest BCUT2D eigenvalue weighted by Gasteiger charge is 2.09. The van der Waals surface area contributed by atoms with Crippen molar-refractivity contribution in [2.45, 2.75) is 13.1 Å². The van der Waals surface area contributed by atoms with Crippen LogP contribution in [0.4, 0.5) is 0 Å². The summed E-state index contributed by atoms with van der Waals surface area (Å²) in [5.41, 5.74) is 1.01. The molecular formula is C15H17ClN2O2. The predicted octanol–water partition coefficient (Wildman–Crippen LogP) is 2.68. The van der Waals surface area contributed by atoms with Crippen LogP contribution in [0.2, 0.25) is 5.02 Å². The van der Waals surface area contributed by atoms with Crippen molar-refractivity contribution < 1.29 is 9.21 Å². The molecule has 2 aromatic rings. The predicted molar refractivity (Wildman–Crippen MR) is 78.3 cm³/mol. The molecule has 0 spiro atoms. The minimum absolute atomic E-state index is 0.0454. The number of nitrogens with one attached hydrogen (secondary N) is 1. The third kappa shape index (κ3) is 4.40. The number of rotatable bonds is 6. The zero-order chi connectivity index (χ0) is 14.4. The summed E-state index contributed by atoms with van der Waals surface area (Å²) in [5, 5.41) is 3.53. The Morgan fingerprint density at radius 3 is 2.80 bits per heavy atom. The molecule has 0 aliphatic carbocycles. The first-order valence-corrected chi connectivity index (χ1v) is 6.74. The molecule has 5 heteroatoms. The van der Waals surface area contributed by atoms with E-state index in [1.165, 1.54) is 0 Å². The average molecular weight is 293 g/mol. The number of hydrogen-bond donors (Lipinski definition) is 1. The molecule has 0 bridgehead atoms. The van der Waals surface area contributed by atoms with Gasteiger partial charge in [-0.1, -0.05) is 29.8 Å². The molecule has 0 atom stereocenters. The van der Waals surface area contributed by atoms with E-state index in [4.69, 9.17) is 16.0 Å². The summed E-state index contributed by atoms with van der Waals surface area (Å²) in [6.07, 6.45) is 1.59. The number of halogens is 1. The first kappa shape index (κ1) is 14.6. The van der Waals surface area contributed by atoms with Crippen LogP contribution in [-0.4, -0.2) is 24.4 Å². The molecule has 0 fully saturated rings. The molecule has 0 unspecified atom stereocenters. The summed E-state index contributed by atoms with van der Waals surface area (Å²) in [5.74, 6) is 0.697. The normalized spacial score (nSPS) is 10.8. The standard InChI is InChI=1S/C15H17ClN2O2/c1-18(10-12-5-2-3-7-14(12)16)11-15(19)17-9-13-6-4-8-20-13/h2-8H,9-11H2,1H3,(H,17,19). The minimum Gasteiger partial charge on any atom is -0.467 e. The topological polar surface area (TPSA) is 45.5 Å². The van der Waals surface area contributed by atoms with Crippen LogP contribution in [0, 0.1) is 0 Å². The van der Waals surface area contributed by atoms with Gasteiger partial charge >= 0.3 is 0 Å². The van der Waals surface area contributed by atoms with E-state index in [0.717, 1.165) is 16.3 Å². The smallest absolute Gasteiger partial charge is 0.234 e. The van der Waals surface area contributed by atoms with E-state index in [0.29, 0.717) is 19.6 Å². The van der Waals surface area contributed by atoms with Crippen LogP contribution in [-0.2, 0) is 17.9 Å². The van der Waals surface area contributed by atoms with Crippen molar-refractivity contribution in [1.82, 2.24) is 10.2 Å². The lowest BCUT2D eigenvalue weighted by molar-refractivity contribution is -0.122. The van der Waals surface area contributed by atoms with E-state index < -0.39 is 0 Å². The Morgan fingerprint density at radius 2 is 2.10 bits per heavy atom. The first-order valence-electron chi connectivity index (χ1n) is 6.36. The van der Waals surface area contributed by atoms with Gasteiger partial charge in [0.1, 0.15) is 5.76 Å². The summed E-state index contributed by atoms with van der Waals surface area (Å²) >= 11 is 6.09. The maximum absolute atomic E-state index is 11.8. The highest BCUT2D eigenvalue weighted by Crippen LogP contribution is 2.16. The third-order valence-electron chi connectivity index (χ3n) is 2.85. The second kappa shape index (κ2) is 7.12. The van der Waals surface area contributed by atoms with E-state index in [1.54, 1.807) is 12.3 Å². The molecule has 0 radical (unpaired) electrons. The molecule has 1 heterocycles. The monoisotopic (exact) mass is 292 g/mol. The summed E-state index contributed by atoms with van der Waals surface area (Å²) in [6.45, 7) is 1.35. The fourth-order valence-corrected chi connectivity index (χ4v) is 2.07. The summed E-state index contributed by atoms with van der Waals surface area (Å²) in [7, 11) is 1.88. The van der Waals surface area contributed by atoms with Gasteiger partial charge in [0.2, 0.25) is 5.91 Å². The minimum atomic E-state index is -0.0454. The molecule has 1 aromatic carbocycles. The Labute approximate surface area is 123 Å². The zero-order valence-electron chi connectivity index (χ0n) is 11.3. The lowest BCUT2D eigenvalue weighted by Crippen LogP contribution is -2.34. The highest BCUT2D eigenvalue weighted by atomic mass is 35.5. The van der Waals surface area contributed by atoms with Gasteiger partial charge in [-0.15, -0.1) is 0 Å². The van der Waals surface area contributed by atoms with Gasteiger partial charge in [0.25, 0.3) is 0 Å². The van der Waals surface area contributed by atoms with Gasteiger partial charge < -0.3 is 9.73 Å². The SMILES string of the molecule is CN(CC(=O)NCc1ccco1)Cc1ccccc1Cl. The van der Waals surface area contributed by atoms with Crippen LogP contribution in [0.3, 0.4) is 0 Å². The third-order valence-corrected chi connectivity index (χ3v) is 3.22. The van der Waals surface area contributed by atoms with Gasteiger partial charge in [0, 0.05) is 11.6 Å². The molecular weight excluding hydrogens is 276 g/mol. The van der Waals surface area contributed by atoms with Gasteiger partial charge in [0.15, 0.2) is 0 Å². The Morgan fingerprint density at radius 1 is 1.30 bits per heavy atom. The molecule has 2 rings (SSSR count). The summed E-state index contributed by atoms with van der Waals surface area (Å²) < 4.78 is 5.15. The van der Waals surface area contributed by atoms with Crippen LogP contribution >= 0.6 is 11.6 Å². The van der Waals surface area contributed by atoms with Gasteiger partial charge in [-0.05, 0) is 30.8 Å². The number of likely N-dealkylation sites (N-methyl/N-ethyl adjacent to an activating group) is 1. The van der Waals surface area contributed by atoms with E-state index in [-0.39, 0.29) is 5.91 Å². The number of nitrogens with zero attached hydrogens (tertiary/aromatic N) is 1. The molecule has 1 N–H and O–H groups in total. The lowest BCUT2D eigenvalue weighted by atomic mass is 10.2. The van der Waals surface area contributed by atoms with Crippen LogP contribution in [0.15, 0.2) is 47.1 Å². The maximum atomic E-state index is 11.8. The van der Waals surface area contributed by atoms with E-state index in [1.807, 2.05) is 42.3 Å². The second-order valence-corrected chi connectivity index (χ2v) is 5.03. The highest BCUT2D eigenvalue weighted by molar-refractivity contribution is 6.31. The Hall–Kier alpha value is -1.78. The maximum Gasteiger partial charge on any atom is 0.234 e. The van der Waals surface area contributed by atoms with E-state index >= 15 is 0 Å². The average Bonchev–Trinajstić information content (AvgIpc) is 2.92. The van der Waals surface area contributed by atoms with Crippen molar-refractivity contribution in [3.05, 3.63) is 59.0 Å². The van der Waals surface area contributed by atoms with Crippen LogP contribution in [0.1, 0.15) is 11.3 Å². The number of hydrogen-bond acceptors (Lipinski definition) is 3. The fourth-order valence-electron chi connectivity index (χ4n) is 1.87. The molecule has 20 heavy (non-hydrogen) atoms. The Bertz CT molecular complexity index is 555. The van der Waals surface area contributed by atoms with Crippen LogP contribution in [0.5, 0.6) is 0 Å². The zero-order valence-corrected chi connectivity index (χ0v) is 12.1. The van der Waals surface area contributed by atoms with Crippen molar-refractivity contribution in [3.63, 3.8) is 0 Å². The molecule has 0 aliphatic heterocycles. The van der Waals surface area contributed by atoms with Crippen molar-refractivity contribution in [3.8, 4) is 0 Å². The fraction of sp³-hybridized carbons (Fsp3) is 0.267. The van der Waals surface area contributed by atoms with Gasteiger partial charge in [-0.2, -0.15) is 0 Å². The quantitative estimate of drug-likeness (QED) is 0.890. The Kier molecular flexibility index (Phi) is 5.21. The van der Waals surface area contributed by atoms with Gasteiger partial charge in [-0.3, -0.25) is 9.69 Å². The molecule has 0 saturated carbocycles. The van der Waals surface area contributed by atoms with Gasteiger partial charge in [-0.25, -0.2) is 0 Å². The lowest BCUT2D eigenvalue weighted by Gasteiger charge is -2.16. The Balaban J connectivity index is 1.78. The van der Waals surface area contributed by atoms with Crippen molar-refractivity contribution >= 4 is 17.5 Å². The van der Waals surface area contributed by atoms with Crippen LogP contribution in [0.25, 0.3) is 0 Å². The van der Waals surface area contributed by atoms with Gasteiger partial charge in [0.05, 0.1) is 19.4 Å². The first-order chi connectivity index (χ1) is 9.65. The number of carbonyl (C=O) groups excluding carboxylic acids is 1. The molecule has 106 valence electrons. The van der Waals surface area contributed by atoms with Crippen molar-refractivity contribution in [2.75, 3.05) is 13.6 Å². The molecule has 4 nitrogen and oxygen atoms in total. The number of furan rings is 1. The summed E-state index contributed by atoms with van der Waals surface area (Å²) in [4.78, 5) is 13.7. The van der Waals surface area contributed by atoms with E-state index in [9.17, 15) is 4.79 Å². The summed E-state index contributed by atoms with van der Waals surface area (Å²) in [6, 6.07) is 11.3. The number of benzene rings is 1.